The Morgan fingerprint density at radius 2 is 1.90 bits per heavy atom. The molecule has 2 rings (SSSR count). The first-order valence-corrected chi connectivity index (χ1v) is 8.48. The summed E-state index contributed by atoms with van der Waals surface area (Å²) < 4.78 is 2.10. The normalized spacial score (nSPS) is 19.5. The Morgan fingerprint density at radius 3 is 2.55 bits per heavy atom. The lowest BCUT2D eigenvalue weighted by Crippen LogP contribution is -2.31. The summed E-state index contributed by atoms with van der Waals surface area (Å²) in [6.45, 7) is 6.38. The Hall–Kier alpha value is -0.900. The van der Waals surface area contributed by atoms with Crippen LogP contribution in [0.15, 0.2) is 6.20 Å². The van der Waals surface area contributed by atoms with Crippen LogP contribution in [-0.2, 0) is 6.54 Å². The van der Waals surface area contributed by atoms with Gasteiger partial charge < -0.3 is 5.32 Å². The third kappa shape index (κ3) is 4.05. The molecule has 0 bridgehead atoms. The monoisotopic (exact) mass is 278 g/mol. The van der Waals surface area contributed by atoms with Crippen LogP contribution in [0.3, 0.4) is 0 Å². The van der Waals surface area contributed by atoms with Gasteiger partial charge in [0.2, 0.25) is 0 Å². The number of aryl methyl sites for hydroxylation is 1. The standard InChI is InChI=1S/C16H30N4/c1-3-12-20-15(13-18-19-20)16(17-4-2)14-10-8-6-5-7-9-11-14/h13-14,16-17H,3-12H2,1-2H3. The number of rotatable bonds is 6. The largest absolute Gasteiger partial charge is 0.309 e. The lowest BCUT2D eigenvalue weighted by Gasteiger charge is -2.29. The van der Waals surface area contributed by atoms with E-state index in [-0.39, 0.29) is 0 Å². The summed E-state index contributed by atoms with van der Waals surface area (Å²) in [4.78, 5) is 0. The zero-order chi connectivity index (χ0) is 14.2. The van der Waals surface area contributed by atoms with Gasteiger partial charge in [-0.05, 0) is 31.7 Å². The van der Waals surface area contributed by atoms with Gasteiger partial charge in [-0.2, -0.15) is 0 Å². The molecule has 1 atom stereocenters. The van der Waals surface area contributed by atoms with Crippen LogP contribution < -0.4 is 5.32 Å². The van der Waals surface area contributed by atoms with Crippen molar-refractivity contribution in [2.45, 2.75) is 77.8 Å². The van der Waals surface area contributed by atoms with E-state index in [9.17, 15) is 0 Å². The highest BCUT2D eigenvalue weighted by molar-refractivity contribution is 5.04. The quantitative estimate of drug-likeness (QED) is 0.863. The molecule has 1 N–H and O–H groups in total. The second-order valence-corrected chi connectivity index (χ2v) is 6.02. The van der Waals surface area contributed by atoms with E-state index in [1.807, 2.05) is 6.20 Å². The zero-order valence-electron chi connectivity index (χ0n) is 13.1. The van der Waals surface area contributed by atoms with E-state index in [0.29, 0.717) is 6.04 Å². The third-order valence-corrected chi connectivity index (χ3v) is 4.45. The second-order valence-electron chi connectivity index (χ2n) is 6.02. The molecule has 1 fully saturated rings. The predicted octanol–water partition coefficient (Wildman–Crippen LogP) is 3.70. The highest BCUT2D eigenvalue weighted by Gasteiger charge is 2.26. The molecule has 4 nitrogen and oxygen atoms in total. The molecule has 1 heterocycles. The Labute approximate surface area is 123 Å². The van der Waals surface area contributed by atoms with E-state index < -0.39 is 0 Å². The highest BCUT2D eigenvalue weighted by Crippen LogP contribution is 2.32. The first-order valence-electron chi connectivity index (χ1n) is 8.48. The molecule has 1 aromatic rings. The smallest absolute Gasteiger partial charge is 0.0759 e. The maximum Gasteiger partial charge on any atom is 0.0759 e. The molecule has 0 amide bonds. The summed E-state index contributed by atoms with van der Waals surface area (Å²) in [6.07, 6.45) is 12.8. The number of aromatic nitrogens is 3. The van der Waals surface area contributed by atoms with Gasteiger partial charge in [0.05, 0.1) is 17.9 Å². The average molecular weight is 278 g/mol. The summed E-state index contributed by atoms with van der Waals surface area (Å²) in [7, 11) is 0. The molecule has 0 aromatic carbocycles. The van der Waals surface area contributed by atoms with Gasteiger partial charge in [0.1, 0.15) is 0 Å². The lowest BCUT2D eigenvalue weighted by atomic mass is 9.84. The Kier molecular flexibility index (Phi) is 6.51. The lowest BCUT2D eigenvalue weighted by molar-refractivity contribution is 0.279. The van der Waals surface area contributed by atoms with Crippen LogP contribution in [0.2, 0.25) is 0 Å². The van der Waals surface area contributed by atoms with Gasteiger partial charge in [-0.25, -0.2) is 4.68 Å². The summed E-state index contributed by atoms with van der Waals surface area (Å²) >= 11 is 0. The van der Waals surface area contributed by atoms with Crippen molar-refractivity contribution in [3.63, 3.8) is 0 Å². The van der Waals surface area contributed by atoms with Crippen molar-refractivity contribution in [2.24, 2.45) is 5.92 Å². The topological polar surface area (TPSA) is 42.7 Å². The minimum Gasteiger partial charge on any atom is -0.309 e. The molecule has 1 aromatic heterocycles. The molecule has 1 unspecified atom stereocenters. The summed E-state index contributed by atoms with van der Waals surface area (Å²) in [6, 6.07) is 0.430. The average Bonchev–Trinajstić information content (AvgIpc) is 2.85. The van der Waals surface area contributed by atoms with Crippen LogP contribution >= 0.6 is 0 Å². The van der Waals surface area contributed by atoms with Gasteiger partial charge in [-0.1, -0.05) is 51.2 Å². The first-order chi connectivity index (χ1) is 9.86. The molecular weight excluding hydrogens is 248 g/mol. The SMILES string of the molecule is CCCn1nncc1C(NCC)C1CCCCCCC1. The van der Waals surface area contributed by atoms with Crippen LogP contribution in [0.25, 0.3) is 0 Å². The zero-order valence-corrected chi connectivity index (χ0v) is 13.1. The van der Waals surface area contributed by atoms with Crippen LogP contribution in [-0.4, -0.2) is 21.5 Å². The number of nitrogens with one attached hydrogen (secondary N) is 1. The fourth-order valence-corrected chi connectivity index (χ4v) is 3.45. The Bertz CT molecular complexity index is 366. The van der Waals surface area contributed by atoms with Crippen molar-refractivity contribution in [3.8, 4) is 0 Å². The Morgan fingerprint density at radius 1 is 1.20 bits per heavy atom. The van der Waals surface area contributed by atoms with Crippen molar-refractivity contribution >= 4 is 0 Å². The van der Waals surface area contributed by atoms with Crippen molar-refractivity contribution in [3.05, 3.63) is 11.9 Å². The van der Waals surface area contributed by atoms with Crippen LogP contribution in [0.5, 0.6) is 0 Å². The fraction of sp³-hybridized carbons (Fsp3) is 0.875. The predicted molar refractivity (Wildman–Crippen MR) is 82.5 cm³/mol. The summed E-state index contributed by atoms with van der Waals surface area (Å²) in [5.41, 5.74) is 1.29. The van der Waals surface area contributed by atoms with E-state index in [0.717, 1.165) is 25.4 Å². The fourth-order valence-electron chi connectivity index (χ4n) is 3.45. The molecule has 4 heteroatoms. The molecule has 0 saturated heterocycles. The maximum atomic E-state index is 4.27. The third-order valence-electron chi connectivity index (χ3n) is 4.45. The molecule has 0 spiro atoms. The van der Waals surface area contributed by atoms with E-state index >= 15 is 0 Å². The molecular formula is C16H30N4. The van der Waals surface area contributed by atoms with Gasteiger partial charge in [-0.3, -0.25) is 0 Å². The number of hydrogen-bond acceptors (Lipinski definition) is 3. The van der Waals surface area contributed by atoms with Gasteiger partial charge >= 0.3 is 0 Å². The minimum atomic E-state index is 0.430. The molecule has 1 aliphatic rings. The molecule has 1 aliphatic carbocycles. The van der Waals surface area contributed by atoms with Crippen molar-refractivity contribution in [1.82, 2.24) is 20.3 Å². The molecule has 0 aliphatic heterocycles. The van der Waals surface area contributed by atoms with Crippen LogP contribution in [0.4, 0.5) is 0 Å². The Balaban J connectivity index is 2.13. The summed E-state index contributed by atoms with van der Waals surface area (Å²) in [5.74, 6) is 0.740. The molecule has 1 saturated carbocycles. The highest BCUT2D eigenvalue weighted by atomic mass is 15.4. The van der Waals surface area contributed by atoms with E-state index in [1.54, 1.807) is 0 Å². The van der Waals surface area contributed by atoms with Crippen molar-refractivity contribution in [2.75, 3.05) is 6.54 Å². The van der Waals surface area contributed by atoms with Gasteiger partial charge in [0.15, 0.2) is 0 Å². The minimum absolute atomic E-state index is 0.430. The van der Waals surface area contributed by atoms with E-state index in [4.69, 9.17) is 0 Å². The summed E-state index contributed by atoms with van der Waals surface area (Å²) in [5, 5.41) is 12.1. The number of nitrogens with zero attached hydrogens (tertiary/aromatic N) is 3. The van der Waals surface area contributed by atoms with Crippen molar-refractivity contribution in [1.29, 1.82) is 0 Å². The molecule has 114 valence electrons. The maximum absolute atomic E-state index is 4.27. The second kappa shape index (κ2) is 8.40. The van der Waals surface area contributed by atoms with Gasteiger partial charge in [0, 0.05) is 6.54 Å². The van der Waals surface area contributed by atoms with E-state index in [1.165, 1.54) is 50.6 Å². The first kappa shape index (κ1) is 15.5. The van der Waals surface area contributed by atoms with Gasteiger partial charge in [0.25, 0.3) is 0 Å². The molecule has 20 heavy (non-hydrogen) atoms. The van der Waals surface area contributed by atoms with E-state index in [2.05, 4.69) is 34.2 Å². The van der Waals surface area contributed by atoms with Crippen LogP contribution in [0.1, 0.15) is 76.9 Å². The van der Waals surface area contributed by atoms with Crippen LogP contribution in [0, 0.1) is 5.92 Å². The molecule has 0 radical (unpaired) electrons. The number of hydrogen-bond donors (Lipinski definition) is 1. The van der Waals surface area contributed by atoms with Crippen molar-refractivity contribution < 1.29 is 0 Å². The van der Waals surface area contributed by atoms with Gasteiger partial charge in [-0.15, -0.1) is 5.10 Å².